The van der Waals surface area contributed by atoms with Crippen LogP contribution < -0.4 is 11.3 Å². The van der Waals surface area contributed by atoms with Crippen molar-refractivity contribution < 1.29 is 13.2 Å². The fourth-order valence-corrected chi connectivity index (χ4v) is 4.17. The van der Waals surface area contributed by atoms with Crippen molar-refractivity contribution in [1.29, 1.82) is 5.26 Å². The molecular weight excluding hydrogens is 439 g/mol. The van der Waals surface area contributed by atoms with E-state index < -0.39 is 11.1 Å². The second-order valence-corrected chi connectivity index (χ2v) is 8.10. The molecular formula is C22H16F3N5OS. The first kappa shape index (κ1) is 21.5. The van der Waals surface area contributed by atoms with E-state index in [9.17, 15) is 18.0 Å². The van der Waals surface area contributed by atoms with Crippen LogP contribution in [-0.4, -0.2) is 14.5 Å². The highest BCUT2D eigenvalue weighted by atomic mass is 32.1. The van der Waals surface area contributed by atoms with Crippen LogP contribution in [-0.2, 0) is 19.1 Å². The Labute approximate surface area is 184 Å². The summed E-state index contributed by atoms with van der Waals surface area (Å²) in [6, 6.07) is 11.9. The molecule has 32 heavy (non-hydrogen) atoms. The number of alkyl halides is 3. The molecule has 0 aliphatic rings. The lowest BCUT2D eigenvalue weighted by atomic mass is 10.1. The van der Waals surface area contributed by atoms with Crippen molar-refractivity contribution in [2.45, 2.75) is 26.1 Å². The van der Waals surface area contributed by atoms with Gasteiger partial charge in [0.05, 0.1) is 35.3 Å². The number of fused-ring (bicyclic) bond motifs is 1. The molecule has 6 nitrogen and oxygen atoms in total. The number of nitriles is 1. The first-order chi connectivity index (χ1) is 15.2. The van der Waals surface area contributed by atoms with Crippen LogP contribution in [0.3, 0.4) is 0 Å². The number of hydrogen-bond acceptors (Lipinski definition) is 6. The highest BCUT2D eigenvalue weighted by molar-refractivity contribution is 7.15. The van der Waals surface area contributed by atoms with Crippen LogP contribution in [0.5, 0.6) is 0 Å². The van der Waals surface area contributed by atoms with Crippen LogP contribution >= 0.6 is 11.3 Å². The van der Waals surface area contributed by atoms with Gasteiger partial charge >= 0.3 is 6.18 Å². The molecule has 2 N–H and O–H groups in total. The quantitative estimate of drug-likeness (QED) is 0.454. The Balaban J connectivity index is 1.81. The van der Waals surface area contributed by atoms with Gasteiger partial charge in [0, 0.05) is 17.7 Å². The Morgan fingerprint density at radius 1 is 1.22 bits per heavy atom. The summed E-state index contributed by atoms with van der Waals surface area (Å²) >= 11 is 0.488. The largest absolute Gasteiger partial charge is 0.427 e. The molecule has 0 atom stereocenters. The maximum Gasteiger partial charge on any atom is 0.427 e. The molecule has 0 fully saturated rings. The molecule has 0 amide bonds. The number of rotatable bonds is 4. The maximum absolute atomic E-state index is 13.2. The predicted octanol–water partition coefficient (Wildman–Crippen LogP) is 4.60. The molecule has 0 unspecified atom stereocenters. The lowest BCUT2D eigenvalue weighted by molar-refractivity contribution is -0.134. The van der Waals surface area contributed by atoms with Crippen LogP contribution in [0.15, 0.2) is 47.4 Å². The second-order valence-electron chi connectivity index (χ2n) is 7.07. The van der Waals surface area contributed by atoms with Crippen LogP contribution in [0.1, 0.15) is 28.8 Å². The molecule has 0 radical (unpaired) electrons. The van der Waals surface area contributed by atoms with Gasteiger partial charge in [-0.3, -0.25) is 9.36 Å². The SMILES string of the molecule is CCc1nc2cc(-c3ncc(C(F)(F)F)s3)c(N)cc2c(=O)n1Cc1ccc(C#N)cc1. The van der Waals surface area contributed by atoms with Gasteiger partial charge in [-0.2, -0.15) is 18.4 Å². The fourth-order valence-electron chi connectivity index (χ4n) is 3.35. The van der Waals surface area contributed by atoms with Crippen molar-refractivity contribution in [3.8, 4) is 16.6 Å². The van der Waals surface area contributed by atoms with Gasteiger partial charge < -0.3 is 5.73 Å². The molecule has 4 aromatic rings. The number of nitrogen functional groups attached to an aromatic ring is 1. The fraction of sp³-hybridized carbons (Fsp3) is 0.182. The summed E-state index contributed by atoms with van der Waals surface area (Å²) in [5.41, 5.74) is 7.93. The minimum atomic E-state index is -4.49. The van der Waals surface area contributed by atoms with Gasteiger partial charge in [0.25, 0.3) is 5.56 Å². The van der Waals surface area contributed by atoms with Crippen molar-refractivity contribution in [2.24, 2.45) is 0 Å². The minimum absolute atomic E-state index is 0.110. The molecule has 0 saturated heterocycles. The van der Waals surface area contributed by atoms with Crippen molar-refractivity contribution in [3.05, 3.63) is 74.8 Å². The Hall–Kier alpha value is -3.71. The summed E-state index contributed by atoms with van der Waals surface area (Å²) in [7, 11) is 0. The smallest absolute Gasteiger partial charge is 0.398 e. The van der Waals surface area contributed by atoms with Crippen LogP contribution in [0.25, 0.3) is 21.5 Å². The Kier molecular flexibility index (Phi) is 5.44. The van der Waals surface area contributed by atoms with Gasteiger partial charge in [-0.25, -0.2) is 9.97 Å². The number of thiazole rings is 1. The summed E-state index contributed by atoms with van der Waals surface area (Å²) in [4.78, 5) is 20.8. The predicted molar refractivity (Wildman–Crippen MR) is 116 cm³/mol. The summed E-state index contributed by atoms with van der Waals surface area (Å²) in [5.74, 6) is 0.526. The van der Waals surface area contributed by atoms with E-state index in [0.717, 1.165) is 11.8 Å². The number of nitrogens with two attached hydrogens (primary N) is 1. The Morgan fingerprint density at radius 3 is 2.53 bits per heavy atom. The number of halogens is 3. The minimum Gasteiger partial charge on any atom is -0.398 e. The van der Waals surface area contributed by atoms with E-state index in [-0.39, 0.29) is 28.2 Å². The van der Waals surface area contributed by atoms with E-state index in [0.29, 0.717) is 40.2 Å². The van der Waals surface area contributed by atoms with Crippen LogP contribution in [0.4, 0.5) is 18.9 Å². The van der Waals surface area contributed by atoms with Gasteiger partial charge in [-0.05, 0) is 29.8 Å². The third-order valence-corrected chi connectivity index (χ3v) is 6.04. The van der Waals surface area contributed by atoms with Gasteiger partial charge in [0.1, 0.15) is 15.7 Å². The average molecular weight is 455 g/mol. The zero-order valence-corrected chi connectivity index (χ0v) is 17.6. The van der Waals surface area contributed by atoms with E-state index in [2.05, 4.69) is 9.97 Å². The standard InChI is InChI=1S/C22H16F3N5OS/c1-2-19-29-17-8-14(20-28-10-18(32-20)22(23,24)25)16(27)7-15(17)21(31)30(19)11-13-5-3-12(9-26)4-6-13/h3-8,10H,2,11,27H2,1H3. The number of nitrogens with zero attached hydrogens (tertiary/aromatic N) is 4. The zero-order chi connectivity index (χ0) is 23.0. The lowest BCUT2D eigenvalue weighted by Crippen LogP contribution is -2.26. The summed E-state index contributed by atoms with van der Waals surface area (Å²) in [5, 5.41) is 9.33. The topological polar surface area (TPSA) is 97.6 Å². The van der Waals surface area contributed by atoms with Gasteiger partial charge in [-0.15, -0.1) is 11.3 Å². The summed E-state index contributed by atoms with van der Waals surface area (Å²) in [6.45, 7) is 2.12. The van der Waals surface area contributed by atoms with E-state index >= 15 is 0 Å². The van der Waals surface area contributed by atoms with Crippen LogP contribution in [0, 0.1) is 11.3 Å². The zero-order valence-electron chi connectivity index (χ0n) is 16.8. The molecule has 4 rings (SSSR count). The average Bonchev–Trinajstić information content (AvgIpc) is 3.27. The Bertz CT molecular complexity index is 1420. The van der Waals surface area contributed by atoms with Crippen molar-refractivity contribution in [1.82, 2.24) is 14.5 Å². The Morgan fingerprint density at radius 2 is 1.94 bits per heavy atom. The number of aryl methyl sites for hydroxylation is 1. The molecule has 2 heterocycles. The third-order valence-electron chi connectivity index (χ3n) is 4.96. The number of hydrogen-bond donors (Lipinski definition) is 1. The molecule has 2 aromatic heterocycles. The number of benzene rings is 2. The molecule has 2 aromatic carbocycles. The number of anilines is 1. The molecule has 0 spiro atoms. The highest BCUT2D eigenvalue weighted by Gasteiger charge is 2.33. The molecule has 10 heteroatoms. The first-order valence-corrected chi connectivity index (χ1v) is 10.4. The summed E-state index contributed by atoms with van der Waals surface area (Å²) < 4.78 is 40.4. The monoisotopic (exact) mass is 455 g/mol. The van der Waals surface area contributed by atoms with Gasteiger partial charge in [-0.1, -0.05) is 19.1 Å². The molecule has 162 valence electrons. The third kappa shape index (κ3) is 3.94. The van der Waals surface area contributed by atoms with E-state index in [1.54, 1.807) is 24.3 Å². The van der Waals surface area contributed by atoms with Crippen molar-refractivity contribution >= 4 is 27.9 Å². The maximum atomic E-state index is 13.2. The normalized spacial score (nSPS) is 11.6. The number of aromatic nitrogens is 3. The second kappa shape index (κ2) is 8.09. The summed E-state index contributed by atoms with van der Waals surface area (Å²) in [6.07, 6.45) is -3.25. The van der Waals surface area contributed by atoms with Gasteiger partial charge in [0.2, 0.25) is 0 Å². The molecule has 0 aliphatic heterocycles. The van der Waals surface area contributed by atoms with Gasteiger partial charge in [0.15, 0.2) is 0 Å². The van der Waals surface area contributed by atoms with E-state index in [1.165, 1.54) is 16.7 Å². The highest BCUT2D eigenvalue weighted by Crippen LogP contribution is 2.38. The lowest BCUT2D eigenvalue weighted by Gasteiger charge is -2.14. The molecule has 0 saturated carbocycles. The van der Waals surface area contributed by atoms with Crippen LogP contribution in [0.2, 0.25) is 0 Å². The van der Waals surface area contributed by atoms with Crippen molar-refractivity contribution in [2.75, 3.05) is 5.73 Å². The van der Waals surface area contributed by atoms with E-state index in [1.807, 2.05) is 13.0 Å². The molecule has 0 aliphatic carbocycles. The first-order valence-electron chi connectivity index (χ1n) is 9.56. The van der Waals surface area contributed by atoms with Crippen molar-refractivity contribution in [3.63, 3.8) is 0 Å². The van der Waals surface area contributed by atoms with E-state index in [4.69, 9.17) is 11.0 Å². The molecule has 0 bridgehead atoms.